The van der Waals surface area contributed by atoms with Gasteiger partial charge in [-0.25, -0.2) is 4.79 Å². The predicted octanol–water partition coefficient (Wildman–Crippen LogP) is 4.08. The van der Waals surface area contributed by atoms with Crippen LogP contribution in [0.25, 0.3) is 0 Å². The molecular weight excluding hydrogens is 382 g/mol. The summed E-state index contributed by atoms with van der Waals surface area (Å²) in [4.78, 5) is 24.5. The maximum atomic E-state index is 12.3. The largest absolute Gasteiger partial charge is 0.491 e. The smallest absolute Gasteiger partial charge is 0.338 e. The van der Waals surface area contributed by atoms with Gasteiger partial charge in [0.2, 0.25) is 0 Å². The topological polar surface area (TPSA) is 73.9 Å². The number of nitrogens with one attached hydrogen (secondary N) is 1. The number of amides is 1. The maximum absolute atomic E-state index is 12.3. The number of rotatable bonds is 7. The Balaban J connectivity index is 1.49. The van der Waals surface area contributed by atoms with Gasteiger partial charge in [0, 0.05) is 17.3 Å². The van der Waals surface area contributed by atoms with Crippen LogP contribution in [0.4, 0.5) is 5.69 Å². The molecule has 2 aromatic rings. The molecule has 28 heavy (non-hydrogen) atoms. The Labute approximate surface area is 168 Å². The van der Waals surface area contributed by atoms with E-state index in [2.05, 4.69) is 5.32 Å². The van der Waals surface area contributed by atoms with Gasteiger partial charge in [0.1, 0.15) is 12.4 Å². The summed E-state index contributed by atoms with van der Waals surface area (Å²) in [5.74, 6) is -0.370. The number of hydrogen-bond acceptors (Lipinski definition) is 5. The summed E-state index contributed by atoms with van der Waals surface area (Å²) in [6.45, 7) is 2.78. The lowest BCUT2D eigenvalue weighted by Gasteiger charge is -2.14. The van der Waals surface area contributed by atoms with Crippen molar-refractivity contribution < 1.29 is 23.8 Å². The van der Waals surface area contributed by atoms with Crippen LogP contribution >= 0.6 is 11.6 Å². The third-order valence-corrected chi connectivity index (χ3v) is 4.53. The highest BCUT2D eigenvalue weighted by Crippen LogP contribution is 2.18. The van der Waals surface area contributed by atoms with Crippen LogP contribution in [-0.2, 0) is 14.3 Å². The molecule has 0 radical (unpaired) electrons. The summed E-state index contributed by atoms with van der Waals surface area (Å²) < 4.78 is 16.4. The van der Waals surface area contributed by atoms with E-state index in [9.17, 15) is 9.59 Å². The lowest BCUT2D eigenvalue weighted by atomic mass is 10.2. The van der Waals surface area contributed by atoms with E-state index >= 15 is 0 Å². The second-order valence-electron chi connectivity index (χ2n) is 6.52. The van der Waals surface area contributed by atoms with Crippen molar-refractivity contribution in [2.24, 2.45) is 0 Å². The molecule has 7 heteroatoms. The molecule has 6 nitrogen and oxygen atoms in total. The van der Waals surface area contributed by atoms with E-state index in [0.29, 0.717) is 28.6 Å². The van der Waals surface area contributed by atoms with Crippen molar-refractivity contribution in [1.82, 2.24) is 0 Å². The molecule has 2 aromatic carbocycles. The van der Waals surface area contributed by atoms with E-state index < -0.39 is 18.0 Å². The number of halogens is 1. The van der Waals surface area contributed by atoms with Crippen molar-refractivity contribution in [2.45, 2.75) is 32.0 Å². The standard InChI is InChI=1S/C21H22ClNO5/c1-14(20(24)23-17-5-2-4-16(22)12-17)28-21(25)15-7-9-18(10-8-15)27-13-19-6-3-11-26-19/h2,4-5,7-10,12,14,19H,3,6,11,13H2,1H3,(H,23,24)/t14-,19-/m1/s1. The molecule has 1 fully saturated rings. The first-order valence-electron chi connectivity index (χ1n) is 9.13. The molecule has 0 aromatic heterocycles. The summed E-state index contributed by atoms with van der Waals surface area (Å²) in [6, 6.07) is 13.3. The average molecular weight is 404 g/mol. The van der Waals surface area contributed by atoms with Crippen LogP contribution in [0.15, 0.2) is 48.5 Å². The first-order valence-corrected chi connectivity index (χ1v) is 9.51. The molecule has 0 unspecified atom stereocenters. The van der Waals surface area contributed by atoms with Gasteiger partial charge in [-0.1, -0.05) is 17.7 Å². The Morgan fingerprint density at radius 1 is 1.25 bits per heavy atom. The molecule has 3 rings (SSSR count). The molecule has 2 atom stereocenters. The minimum Gasteiger partial charge on any atom is -0.491 e. The summed E-state index contributed by atoms with van der Waals surface area (Å²) in [7, 11) is 0. The van der Waals surface area contributed by atoms with Gasteiger partial charge in [0.15, 0.2) is 6.10 Å². The van der Waals surface area contributed by atoms with E-state index in [4.69, 9.17) is 25.8 Å². The summed E-state index contributed by atoms with van der Waals surface area (Å²) >= 11 is 5.89. The normalized spacial score (nSPS) is 17.0. The Morgan fingerprint density at radius 3 is 2.71 bits per heavy atom. The monoisotopic (exact) mass is 403 g/mol. The quantitative estimate of drug-likeness (QED) is 0.705. The van der Waals surface area contributed by atoms with E-state index in [0.717, 1.165) is 19.4 Å². The van der Waals surface area contributed by atoms with Crippen molar-refractivity contribution in [1.29, 1.82) is 0 Å². The highest BCUT2D eigenvalue weighted by Gasteiger charge is 2.20. The SMILES string of the molecule is C[C@@H](OC(=O)c1ccc(OC[C@H]2CCCO2)cc1)C(=O)Nc1cccc(Cl)c1. The van der Waals surface area contributed by atoms with Crippen LogP contribution < -0.4 is 10.1 Å². The van der Waals surface area contributed by atoms with Crippen LogP contribution in [0.5, 0.6) is 5.75 Å². The number of esters is 1. The molecule has 0 aliphatic carbocycles. The number of hydrogen-bond donors (Lipinski definition) is 1. The molecule has 1 heterocycles. The van der Waals surface area contributed by atoms with Gasteiger partial charge in [-0.2, -0.15) is 0 Å². The van der Waals surface area contributed by atoms with Gasteiger partial charge in [0.25, 0.3) is 5.91 Å². The molecule has 1 aliphatic heterocycles. The van der Waals surface area contributed by atoms with E-state index in [1.165, 1.54) is 6.92 Å². The van der Waals surface area contributed by atoms with Gasteiger partial charge >= 0.3 is 5.97 Å². The molecule has 0 saturated carbocycles. The summed E-state index contributed by atoms with van der Waals surface area (Å²) in [5.41, 5.74) is 0.875. The zero-order valence-corrected chi connectivity index (χ0v) is 16.3. The minimum atomic E-state index is -0.957. The van der Waals surface area contributed by atoms with Crippen molar-refractivity contribution in [3.8, 4) is 5.75 Å². The van der Waals surface area contributed by atoms with Gasteiger partial charge in [0.05, 0.1) is 11.7 Å². The third kappa shape index (κ3) is 5.71. The summed E-state index contributed by atoms with van der Waals surface area (Å²) in [6.07, 6.45) is 1.23. The van der Waals surface area contributed by atoms with Crippen LogP contribution in [-0.4, -0.2) is 37.3 Å². The van der Waals surface area contributed by atoms with Gasteiger partial charge in [-0.15, -0.1) is 0 Å². The molecule has 1 aliphatic rings. The highest BCUT2D eigenvalue weighted by atomic mass is 35.5. The number of carbonyl (C=O) groups excluding carboxylic acids is 2. The summed E-state index contributed by atoms with van der Waals surface area (Å²) in [5, 5.41) is 3.16. The predicted molar refractivity (Wildman–Crippen MR) is 106 cm³/mol. The fourth-order valence-electron chi connectivity index (χ4n) is 2.74. The molecule has 0 bridgehead atoms. The lowest BCUT2D eigenvalue weighted by Crippen LogP contribution is -2.30. The molecule has 0 spiro atoms. The number of carbonyl (C=O) groups is 2. The molecule has 1 saturated heterocycles. The highest BCUT2D eigenvalue weighted by molar-refractivity contribution is 6.30. The van der Waals surface area contributed by atoms with E-state index in [1.54, 1.807) is 48.5 Å². The van der Waals surface area contributed by atoms with Crippen LogP contribution in [0.1, 0.15) is 30.1 Å². The molecular formula is C21H22ClNO5. The van der Waals surface area contributed by atoms with Crippen LogP contribution in [0.3, 0.4) is 0 Å². The number of ether oxygens (including phenoxy) is 3. The minimum absolute atomic E-state index is 0.128. The van der Waals surface area contributed by atoms with E-state index in [-0.39, 0.29) is 6.10 Å². The van der Waals surface area contributed by atoms with E-state index in [1.807, 2.05) is 0 Å². The Bertz CT molecular complexity index is 818. The number of benzene rings is 2. The van der Waals surface area contributed by atoms with Crippen LogP contribution in [0.2, 0.25) is 5.02 Å². The molecule has 1 amide bonds. The fraction of sp³-hybridized carbons (Fsp3) is 0.333. The average Bonchev–Trinajstić information content (AvgIpc) is 3.20. The Morgan fingerprint density at radius 2 is 2.04 bits per heavy atom. The zero-order chi connectivity index (χ0) is 19.9. The fourth-order valence-corrected chi connectivity index (χ4v) is 2.93. The van der Waals surface area contributed by atoms with Crippen LogP contribution in [0, 0.1) is 0 Å². The van der Waals surface area contributed by atoms with Gasteiger partial charge in [-0.3, -0.25) is 4.79 Å². The van der Waals surface area contributed by atoms with Crippen molar-refractivity contribution >= 4 is 29.2 Å². The van der Waals surface area contributed by atoms with Crippen molar-refractivity contribution in [3.63, 3.8) is 0 Å². The van der Waals surface area contributed by atoms with Gasteiger partial charge < -0.3 is 19.5 Å². The second kappa shape index (κ2) is 9.57. The Kier molecular flexibility index (Phi) is 6.90. The number of anilines is 1. The lowest BCUT2D eigenvalue weighted by molar-refractivity contribution is -0.123. The molecule has 1 N–H and O–H groups in total. The molecule has 148 valence electrons. The second-order valence-corrected chi connectivity index (χ2v) is 6.95. The first kappa shape index (κ1) is 20.2. The first-order chi connectivity index (χ1) is 13.5. The van der Waals surface area contributed by atoms with Gasteiger partial charge in [-0.05, 0) is 62.2 Å². The zero-order valence-electron chi connectivity index (χ0n) is 15.5. The van der Waals surface area contributed by atoms with Crippen molar-refractivity contribution in [2.75, 3.05) is 18.5 Å². The van der Waals surface area contributed by atoms with Crippen molar-refractivity contribution in [3.05, 3.63) is 59.1 Å². The maximum Gasteiger partial charge on any atom is 0.338 e. The Hall–Kier alpha value is -2.57. The third-order valence-electron chi connectivity index (χ3n) is 4.30.